The quantitative estimate of drug-likeness (QED) is 0.370. The molecule has 0 spiro atoms. The van der Waals surface area contributed by atoms with E-state index in [0.717, 1.165) is 0 Å². The molecule has 0 amide bonds. The predicted octanol–water partition coefficient (Wildman–Crippen LogP) is 1.03. The first kappa shape index (κ1) is 10.2. The molecular weight excluding hydrogens is 172 g/mol. The summed E-state index contributed by atoms with van der Waals surface area (Å²) in [5.41, 5.74) is 0. The molecule has 0 fully saturated rings. The van der Waals surface area contributed by atoms with E-state index >= 15 is 0 Å². The van der Waals surface area contributed by atoms with Crippen LogP contribution in [0.15, 0.2) is 0 Å². The van der Waals surface area contributed by atoms with Crippen molar-refractivity contribution >= 4 is 23.5 Å². The number of alkyl halides is 1. The highest BCUT2D eigenvalue weighted by Crippen LogP contribution is 1.92. The number of hydrogen-bond donors (Lipinski definition) is 0. The van der Waals surface area contributed by atoms with E-state index in [4.69, 9.17) is 11.6 Å². The van der Waals surface area contributed by atoms with E-state index in [1.54, 1.807) is 0 Å². The van der Waals surface area contributed by atoms with Crippen LogP contribution in [-0.4, -0.2) is 17.8 Å². The Hall–Kier alpha value is -0.770. The Balaban J connectivity index is 3.38. The fraction of sp³-hybridized carbons (Fsp3) is 0.667. The number of carbonyl (C=O) groups excluding carboxylic acids is 2. The SMILES string of the molecule is CCCC(=O)OOC(=O)CCl. The molecule has 0 aromatic carbocycles. The van der Waals surface area contributed by atoms with Crippen molar-refractivity contribution in [1.82, 2.24) is 0 Å². The van der Waals surface area contributed by atoms with E-state index in [2.05, 4.69) is 9.78 Å². The van der Waals surface area contributed by atoms with Gasteiger partial charge in [-0.05, 0) is 6.42 Å². The van der Waals surface area contributed by atoms with Crippen LogP contribution >= 0.6 is 11.6 Å². The molecule has 0 rings (SSSR count). The molecule has 0 radical (unpaired) electrons. The van der Waals surface area contributed by atoms with Crippen molar-refractivity contribution in [3.8, 4) is 0 Å². The molecular formula is C6H9ClO4. The van der Waals surface area contributed by atoms with Crippen LogP contribution in [0.25, 0.3) is 0 Å². The van der Waals surface area contributed by atoms with Crippen molar-refractivity contribution in [1.29, 1.82) is 0 Å². The van der Waals surface area contributed by atoms with E-state index in [1.807, 2.05) is 6.92 Å². The Morgan fingerprint density at radius 3 is 2.27 bits per heavy atom. The normalized spacial score (nSPS) is 8.91. The van der Waals surface area contributed by atoms with Crippen molar-refractivity contribution < 1.29 is 19.4 Å². The molecule has 0 aromatic rings. The third-order valence-corrected chi connectivity index (χ3v) is 1.01. The van der Waals surface area contributed by atoms with Gasteiger partial charge in [0.2, 0.25) is 0 Å². The van der Waals surface area contributed by atoms with Crippen LogP contribution < -0.4 is 0 Å². The van der Waals surface area contributed by atoms with Crippen LogP contribution in [0.4, 0.5) is 0 Å². The molecule has 11 heavy (non-hydrogen) atoms. The van der Waals surface area contributed by atoms with E-state index in [9.17, 15) is 9.59 Å². The molecule has 0 N–H and O–H groups in total. The molecule has 0 unspecified atom stereocenters. The monoisotopic (exact) mass is 180 g/mol. The lowest BCUT2D eigenvalue weighted by atomic mass is 10.3. The number of rotatable bonds is 3. The Morgan fingerprint density at radius 1 is 1.27 bits per heavy atom. The maximum atomic E-state index is 10.5. The van der Waals surface area contributed by atoms with Gasteiger partial charge < -0.3 is 0 Å². The number of halogens is 1. The minimum Gasteiger partial charge on any atom is -0.247 e. The minimum absolute atomic E-state index is 0.232. The van der Waals surface area contributed by atoms with Gasteiger partial charge >= 0.3 is 11.9 Å². The average molecular weight is 181 g/mol. The van der Waals surface area contributed by atoms with Gasteiger partial charge in [-0.1, -0.05) is 6.92 Å². The highest BCUT2D eigenvalue weighted by molar-refractivity contribution is 6.26. The molecule has 5 heteroatoms. The second-order valence-electron chi connectivity index (χ2n) is 1.79. The van der Waals surface area contributed by atoms with Gasteiger partial charge in [0.05, 0.1) is 0 Å². The summed E-state index contributed by atoms with van der Waals surface area (Å²) in [5.74, 6) is -1.65. The van der Waals surface area contributed by atoms with Crippen molar-refractivity contribution in [3.05, 3.63) is 0 Å². The fourth-order valence-corrected chi connectivity index (χ4v) is 0.406. The highest BCUT2D eigenvalue weighted by atomic mass is 35.5. The van der Waals surface area contributed by atoms with E-state index in [0.29, 0.717) is 6.42 Å². The first-order valence-corrected chi connectivity index (χ1v) is 3.70. The number of hydrogen-bond acceptors (Lipinski definition) is 4. The first-order valence-electron chi connectivity index (χ1n) is 3.16. The summed E-state index contributed by atoms with van der Waals surface area (Å²) in [6, 6.07) is 0. The first-order chi connectivity index (χ1) is 5.20. The summed E-state index contributed by atoms with van der Waals surface area (Å²) in [5, 5.41) is 0. The zero-order chi connectivity index (χ0) is 8.69. The van der Waals surface area contributed by atoms with Crippen LogP contribution in [0, 0.1) is 0 Å². The van der Waals surface area contributed by atoms with Gasteiger partial charge in [-0.25, -0.2) is 19.4 Å². The van der Waals surface area contributed by atoms with Gasteiger partial charge in [0, 0.05) is 6.42 Å². The van der Waals surface area contributed by atoms with Crippen molar-refractivity contribution in [3.63, 3.8) is 0 Å². The van der Waals surface area contributed by atoms with Gasteiger partial charge in [-0.3, -0.25) is 0 Å². The maximum Gasteiger partial charge on any atom is 0.370 e. The number of carbonyl (C=O) groups is 2. The van der Waals surface area contributed by atoms with Crippen LogP contribution in [0.1, 0.15) is 19.8 Å². The van der Waals surface area contributed by atoms with E-state index < -0.39 is 11.9 Å². The molecule has 0 heterocycles. The molecule has 0 aliphatic carbocycles. The van der Waals surface area contributed by atoms with E-state index in [-0.39, 0.29) is 12.3 Å². The zero-order valence-electron chi connectivity index (χ0n) is 6.13. The van der Waals surface area contributed by atoms with Crippen LogP contribution in [-0.2, 0) is 19.4 Å². The lowest BCUT2D eigenvalue weighted by molar-refractivity contribution is -0.257. The summed E-state index contributed by atoms with van der Waals surface area (Å²) in [7, 11) is 0. The smallest absolute Gasteiger partial charge is 0.247 e. The average Bonchev–Trinajstić information content (AvgIpc) is 2.01. The van der Waals surface area contributed by atoms with Gasteiger partial charge in [0.1, 0.15) is 5.88 Å². The topological polar surface area (TPSA) is 52.6 Å². The van der Waals surface area contributed by atoms with Crippen LogP contribution in [0.2, 0.25) is 0 Å². The molecule has 0 aromatic heterocycles. The largest absolute Gasteiger partial charge is 0.370 e. The highest BCUT2D eigenvalue weighted by Gasteiger charge is 2.06. The molecule has 0 bridgehead atoms. The molecule has 0 aliphatic rings. The predicted molar refractivity (Wildman–Crippen MR) is 37.8 cm³/mol. The van der Waals surface area contributed by atoms with Crippen LogP contribution in [0.3, 0.4) is 0 Å². The van der Waals surface area contributed by atoms with Gasteiger partial charge in [0.25, 0.3) is 0 Å². The van der Waals surface area contributed by atoms with E-state index in [1.165, 1.54) is 0 Å². The van der Waals surface area contributed by atoms with Gasteiger partial charge in [-0.2, -0.15) is 0 Å². The molecule has 0 atom stereocenters. The lowest BCUT2D eigenvalue weighted by Gasteiger charge is -1.98. The third-order valence-electron chi connectivity index (χ3n) is 0.791. The molecule has 0 aliphatic heterocycles. The van der Waals surface area contributed by atoms with Crippen molar-refractivity contribution in [2.75, 3.05) is 5.88 Å². The van der Waals surface area contributed by atoms with Crippen molar-refractivity contribution in [2.45, 2.75) is 19.8 Å². The summed E-state index contributed by atoms with van der Waals surface area (Å²) in [4.78, 5) is 28.9. The molecule has 0 saturated heterocycles. The molecule has 0 saturated carbocycles. The summed E-state index contributed by atoms with van der Waals surface area (Å²) >= 11 is 5.05. The Morgan fingerprint density at radius 2 is 1.82 bits per heavy atom. The summed E-state index contributed by atoms with van der Waals surface area (Å²) in [6.45, 7) is 1.81. The summed E-state index contributed by atoms with van der Waals surface area (Å²) < 4.78 is 0. The standard InChI is InChI=1S/C6H9ClO4/c1-2-3-5(8)10-11-6(9)4-7/h2-4H2,1H3. The third kappa shape index (κ3) is 5.66. The Kier molecular flexibility index (Phi) is 5.56. The van der Waals surface area contributed by atoms with Gasteiger partial charge in [-0.15, -0.1) is 11.6 Å². The Labute approximate surface area is 69.3 Å². The second-order valence-corrected chi connectivity index (χ2v) is 2.06. The minimum atomic E-state index is -0.767. The zero-order valence-corrected chi connectivity index (χ0v) is 6.89. The lowest BCUT2D eigenvalue weighted by Crippen LogP contribution is -2.11. The molecule has 64 valence electrons. The van der Waals surface area contributed by atoms with Crippen LogP contribution in [0.5, 0.6) is 0 Å². The maximum absolute atomic E-state index is 10.5. The van der Waals surface area contributed by atoms with Crippen molar-refractivity contribution in [2.24, 2.45) is 0 Å². The fourth-order valence-electron chi connectivity index (χ4n) is 0.361. The summed E-state index contributed by atoms with van der Waals surface area (Å²) in [6.07, 6.45) is 0.882. The second kappa shape index (κ2) is 5.97. The molecule has 4 nitrogen and oxygen atoms in total. The van der Waals surface area contributed by atoms with Gasteiger partial charge in [0.15, 0.2) is 0 Å². The Bertz CT molecular complexity index is 146.